The molecule has 2 aliphatic carbocycles. The number of oxime groups is 1. The fraction of sp³-hybridized carbons (Fsp3) is 0.409. The molecule has 1 saturated heterocycles. The zero-order valence-corrected chi connectivity index (χ0v) is 17.5. The van der Waals surface area contributed by atoms with Gasteiger partial charge in [0.05, 0.1) is 16.7 Å². The van der Waals surface area contributed by atoms with Crippen LogP contribution in [0.5, 0.6) is 0 Å². The van der Waals surface area contributed by atoms with Crippen molar-refractivity contribution >= 4 is 40.7 Å². The summed E-state index contributed by atoms with van der Waals surface area (Å²) >= 11 is 12.3. The van der Waals surface area contributed by atoms with Crippen molar-refractivity contribution in [1.82, 2.24) is 0 Å². The number of benzene rings is 1. The second-order valence-electron chi connectivity index (χ2n) is 8.44. The molecule has 1 spiro atoms. The molecular weight excluding hydrogens is 413 g/mol. The summed E-state index contributed by atoms with van der Waals surface area (Å²) in [4.78, 5) is 31.2. The lowest BCUT2D eigenvalue weighted by atomic mass is 9.60. The Labute approximate surface area is 178 Å². The fourth-order valence-corrected chi connectivity index (χ4v) is 5.73. The van der Waals surface area contributed by atoms with E-state index in [0.717, 1.165) is 18.4 Å². The fourth-order valence-electron chi connectivity index (χ4n) is 5.21. The molecule has 29 heavy (non-hydrogen) atoms. The third kappa shape index (κ3) is 2.57. The van der Waals surface area contributed by atoms with Crippen LogP contribution in [0.2, 0.25) is 10.0 Å². The van der Waals surface area contributed by atoms with Gasteiger partial charge in [-0.15, -0.1) is 0 Å². The van der Waals surface area contributed by atoms with Crippen molar-refractivity contribution in [1.29, 1.82) is 0 Å². The van der Waals surface area contributed by atoms with E-state index in [9.17, 15) is 9.59 Å². The third-order valence-electron chi connectivity index (χ3n) is 6.79. The highest BCUT2D eigenvalue weighted by Crippen LogP contribution is 2.57. The Balaban J connectivity index is 1.51. The summed E-state index contributed by atoms with van der Waals surface area (Å²) in [6.07, 6.45) is 4.91. The van der Waals surface area contributed by atoms with Gasteiger partial charge in [-0.3, -0.25) is 4.79 Å². The van der Waals surface area contributed by atoms with E-state index in [2.05, 4.69) is 12.1 Å². The van der Waals surface area contributed by atoms with Crippen LogP contribution in [-0.4, -0.2) is 29.2 Å². The van der Waals surface area contributed by atoms with Crippen LogP contribution in [0.15, 0.2) is 46.7 Å². The third-order valence-corrected chi connectivity index (χ3v) is 7.33. The number of carbonyl (C=O) groups is 2. The topological polar surface area (TPSA) is 65.0 Å². The normalized spacial score (nSPS) is 35.4. The summed E-state index contributed by atoms with van der Waals surface area (Å²) in [7, 11) is 0. The van der Waals surface area contributed by atoms with Gasteiger partial charge in [0.25, 0.3) is 0 Å². The first kappa shape index (κ1) is 18.9. The number of hydrogen-bond donors (Lipinski definition) is 0. The molecule has 0 amide bonds. The molecule has 4 atom stereocenters. The Bertz CT molecular complexity index is 1060. The maximum atomic E-state index is 13.0. The molecule has 0 bridgehead atoms. The molecule has 5 nitrogen and oxygen atoms in total. The molecule has 2 aliphatic heterocycles. The van der Waals surface area contributed by atoms with Gasteiger partial charge in [0.1, 0.15) is 6.10 Å². The van der Waals surface area contributed by atoms with Gasteiger partial charge in [0.2, 0.25) is 5.60 Å². The van der Waals surface area contributed by atoms with Crippen molar-refractivity contribution in [2.24, 2.45) is 16.5 Å². The smallest absolute Gasteiger partial charge is 0.354 e. The number of ketones is 1. The van der Waals surface area contributed by atoms with Crippen LogP contribution in [-0.2, 0) is 19.2 Å². The predicted molar refractivity (Wildman–Crippen MR) is 109 cm³/mol. The molecule has 1 aromatic rings. The van der Waals surface area contributed by atoms with Gasteiger partial charge in [0.15, 0.2) is 5.78 Å². The van der Waals surface area contributed by atoms with Crippen LogP contribution >= 0.6 is 23.2 Å². The summed E-state index contributed by atoms with van der Waals surface area (Å²) in [6, 6.07) is 5.15. The second kappa shape index (κ2) is 6.19. The predicted octanol–water partition coefficient (Wildman–Crippen LogP) is 4.65. The summed E-state index contributed by atoms with van der Waals surface area (Å²) in [5, 5.41) is 5.20. The average Bonchev–Trinajstić information content (AvgIpc) is 3.21. The molecule has 0 N–H and O–H groups in total. The van der Waals surface area contributed by atoms with Gasteiger partial charge in [-0.25, -0.2) is 4.79 Å². The Morgan fingerprint density at radius 1 is 1.24 bits per heavy atom. The van der Waals surface area contributed by atoms with Crippen molar-refractivity contribution in [2.75, 3.05) is 0 Å². The highest BCUT2D eigenvalue weighted by molar-refractivity contribution is 6.37. The molecule has 1 aromatic carbocycles. The molecule has 4 aliphatic rings. The molecule has 0 aromatic heterocycles. The number of hydrogen-bond acceptors (Lipinski definition) is 5. The number of carbonyl (C=O) groups excluding carboxylic acids is 2. The van der Waals surface area contributed by atoms with Gasteiger partial charge >= 0.3 is 5.97 Å². The van der Waals surface area contributed by atoms with Crippen LogP contribution in [0.25, 0.3) is 0 Å². The lowest BCUT2D eigenvalue weighted by molar-refractivity contribution is -0.158. The lowest BCUT2D eigenvalue weighted by Crippen LogP contribution is -2.47. The van der Waals surface area contributed by atoms with Crippen molar-refractivity contribution in [2.45, 2.75) is 44.8 Å². The van der Waals surface area contributed by atoms with Crippen LogP contribution in [0.1, 0.15) is 38.7 Å². The van der Waals surface area contributed by atoms with E-state index in [4.69, 9.17) is 32.8 Å². The minimum absolute atomic E-state index is 0.0349. The largest absolute Gasteiger partial charge is 0.454 e. The highest BCUT2D eigenvalue weighted by atomic mass is 35.5. The first-order valence-electron chi connectivity index (χ1n) is 9.61. The SMILES string of the molecule is CC1=C2[C@H]3OC(=O)[C@]4(CC(c5ccc(Cl)cc5Cl)=NO4)[C@@H]3CC[C@@]2(C)C=CC1=O. The van der Waals surface area contributed by atoms with Gasteiger partial charge in [0, 0.05) is 28.0 Å². The molecule has 0 unspecified atom stereocenters. The number of nitrogens with zero attached hydrogens (tertiary/aromatic N) is 1. The van der Waals surface area contributed by atoms with Crippen LogP contribution < -0.4 is 0 Å². The first-order valence-corrected chi connectivity index (χ1v) is 10.4. The van der Waals surface area contributed by atoms with Gasteiger partial charge in [-0.1, -0.05) is 47.4 Å². The van der Waals surface area contributed by atoms with Crippen LogP contribution in [0.3, 0.4) is 0 Å². The number of ether oxygens (including phenoxy) is 1. The number of rotatable bonds is 1. The van der Waals surface area contributed by atoms with Crippen molar-refractivity contribution in [3.8, 4) is 0 Å². The standard InChI is InChI=1S/C22H19Cl2NO4/c1-11-17(26)6-8-21(2)7-5-14-19(18(11)21)28-20(27)22(14)10-16(25-29-22)13-4-3-12(23)9-15(13)24/h3-4,6,8-9,14,19H,5,7,10H2,1-2H3/t14-,19+,21+,22+/m1/s1. The molecule has 2 heterocycles. The Morgan fingerprint density at radius 3 is 2.79 bits per heavy atom. The van der Waals surface area contributed by atoms with E-state index in [1.165, 1.54) is 0 Å². The van der Waals surface area contributed by atoms with Crippen LogP contribution in [0.4, 0.5) is 0 Å². The highest BCUT2D eigenvalue weighted by Gasteiger charge is 2.66. The van der Waals surface area contributed by atoms with E-state index in [1.807, 2.05) is 13.0 Å². The van der Waals surface area contributed by atoms with Crippen molar-refractivity contribution in [3.63, 3.8) is 0 Å². The summed E-state index contributed by atoms with van der Waals surface area (Å²) in [5.41, 5.74) is 1.38. The van der Waals surface area contributed by atoms with Crippen LogP contribution in [0, 0.1) is 11.3 Å². The maximum absolute atomic E-state index is 13.0. The molecule has 7 heteroatoms. The number of esters is 1. The Kier molecular flexibility index (Phi) is 4.03. The van der Waals surface area contributed by atoms with Gasteiger partial charge in [-0.05, 0) is 43.5 Å². The average molecular weight is 432 g/mol. The first-order chi connectivity index (χ1) is 13.7. The zero-order valence-electron chi connectivity index (χ0n) is 16.0. The van der Waals surface area contributed by atoms with Gasteiger partial charge < -0.3 is 9.57 Å². The monoisotopic (exact) mass is 431 g/mol. The maximum Gasteiger partial charge on any atom is 0.354 e. The molecule has 2 fully saturated rings. The number of halogens is 2. The summed E-state index contributed by atoms with van der Waals surface area (Å²) in [6.45, 7) is 3.90. The van der Waals surface area contributed by atoms with Gasteiger partial charge in [-0.2, -0.15) is 0 Å². The summed E-state index contributed by atoms with van der Waals surface area (Å²) in [5.74, 6) is -0.671. The Morgan fingerprint density at radius 2 is 2.03 bits per heavy atom. The van der Waals surface area contributed by atoms with E-state index < -0.39 is 17.7 Å². The molecule has 1 saturated carbocycles. The van der Waals surface area contributed by atoms with E-state index in [1.54, 1.807) is 24.3 Å². The minimum Gasteiger partial charge on any atom is -0.454 e. The molecule has 5 rings (SSSR count). The van der Waals surface area contributed by atoms with E-state index in [0.29, 0.717) is 26.9 Å². The van der Waals surface area contributed by atoms with Crippen molar-refractivity contribution in [3.05, 3.63) is 57.1 Å². The second-order valence-corrected chi connectivity index (χ2v) is 9.29. The number of allylic oxidation sites excluding steroid dienone is 3. The minimum atomic E-state index is -1.18. The molecule has 0 radical (unpaired) electrons. The quantitative estimate of drug-likeness (QED) is 0.606. The van der Waals surface area contributed by atoms with Crippen molar-refractivity contribution < 1.29 is 19.2 Å². The van der Waals surface area contributed by atoms with E-state index >= 15 is 0 Å². The summed E-state index contributed by atoms with van der Waals surface area (Å²) < 4.78 is 5.85. The zero-order chi connectivity index (χ0) is 20.6. The Hall–Kier alpha value is -2.11. The molecule has 150 valence electrons. The lowest BCUT2D eigenvalue weighted by Gasteiger charge is -2.43. The van der Waals surface area contributed by atoms with E-state index in [-0.39, 0.29) is 23.5 Å². The number of fused-ring (bicyclic) bond motifs is 4. The molecular formula is C22H19Cl2NO4.